The molecule has 0 atom stereocenters. The average Bonchev–Trinajstić information content (AvgIpc) is 2.87. The molecule has 0 unspecified atom stereocenters. The van der Waals surface area contributed by atoms with Crippen LogP contribution in [-0.2, 0) is 16.6 Å². The van der Waals surface area contributed by atoms with Crippen molar-refractivity contribution in [3.63, 3.8) is 0 Å². The normalized spacial score (nSPS) is 16.1. The van der Waals surface area contributed by atoms with E-state index in [9.17, 15) is 13.2 Å². The van der Waals surface area contributed by atoms with Crippen molar-refractivity contribution in [1.82, 2.24) is 14.6 Å². The summed E-state index contributed by atoms with van der Waals surface area (Å²) in [5.41, 5.74) is 0.851. The number of carbonyl (C=O) groups is 1. The molecule has 1 aliphatic rings. The van der Waals surface area contributed by atoms with E-state index >= 15 is 0 Å². The lowest BCUT2D eigenvalue weighted by Crippen LogP contribution is -2.32. The number of carbonyl (C=O) groups excluding carboxylic acids is 1. The van der Waals surface area contributed by atoms with Crippen LogP contribution in [0.25, 0.3) is 0 Å². The first-order valence-electron chi connectivity index (χ1n) is 8.86. The van der Waals surface area contributed by atoms with Gasteiger partial charge in [-0.1, -0.05) is 24.4 Å². The molecule has 0 aliphatic carbocycles. The van der Waals surface area contributed by atoms with Crippen molar-refractivity contribution in [1.29, 1.82) is 0 Å². The monoisotopic (exact) mass is 411 g/mol. The molecule has 0 saturated carbocycles. The molecule has 9 heteroatoms. The van der Waals surface area contributed by atoms with Gasteiger partial charge in [-0.25, -0.2) is 13.4 Å². The number of amides is 1. The van der Waals surface area contributed by atoms with E-state index in [4.69, 9.17) is 16.0 Å². The number of hydrogen-bond donors (Lipinski definition) is 1. The van der Waals surface area contributed by atoms with Crippen molar-refractivity contribution in [2.75, 3.05) is 13.1 Å². The summed E-state index contributed by atoms with van der Waals surface area (Å²) in [5, 5.41) is 2.83. The van der Waals surface area contributed by atoms with Gasteiger partial charge in [0.15, 0.2) is 6.39 Å². The average molecular weight is 412 g/mol. The standard InChI is InChI=1S/C18H22ClN3O4S/c1-13-16(21-12-26-13)11-20-18(23)14-6-7-15(19)17(10-14)27(24,25)22-8-4-2-3-5-9-22/h6-7,10,12H,2-5,8-9,11H2,1H3,(H,20,23). The van der Waals surface area contributed by atoms with E-state index in [0.717, 1.165) is 25.7 Å². The van der Waals surface area contributed by atoms with Crippen molar-refractivity contribution < 1.29 is 17.6 Å². The van der Waals surface area contributed by atoms with E-state index in [2.05, 4.69) is 10.3 Å². The van der Waals surface area contributed by atoms with Crippen molar-refractivity contribution in [3.8, 4) is 0 Å². The molecule has 2 aromatic rings. The topological polar surface area (TPSA) is 92.5 Å². The highest BCUT2D eigenvalue weighted by molar-refractivity contribution is 7.89. The Hall–Kier alpha value is -1.90. The predicted molar refractivity (Wildman–Crippen MR) is 101 cm³/mol. The highest BCUT2D eigenvalue weighted by Crippen LogP contribution is 2.27. The minimum Gasteiger partial charge on any atom is -0.448 e. The second-order valence-corrected chi connectivity index (χ2v) is 8.81. The minimum atomic E-state index is -3.74. The van der Waals surface area contributed by atoms with Crippen molar-refractivity contribution in [2.24, 2.45) is 0 Å². The number of nitrogens with one attached hydrogen (secondary N) is 1. The molecule has 2 heterocycles. The summed E-state index contributed by atoms with van der Waals surface area (Å²) in [6.07, 6.45) is 5.00. The maximum Gasteiger partial charge on any atom is 0.251 e. The van der Waals surface area contributed by atoms with Gasteiger partial charge in [-0.2, -0.15) is 4.31 Å². The second kappa shape index (κ2) is 8.41. The van der Waals surface area contributed by atoms with Crippen LogP contribution in [0.4, 0.5) is 0 Å². The van der Waals surface area contributed by atoms with Gasteiger partial charge in [0, 0.05) is 18.7 Å². The van der Waals surface area contributed by atoms with Crippen LogP contribution in [0.15, 0.2) is 33.9 Å². The third-order valence-corrected chi connectivity index (χ3v) is 7.02. The first-order valence-corrected chi connectivity index (χ1v) is 10.7. The third kappa shape index (κ3) is 4.51. The quantitative estimate of drug-likeness (QED) is 0.815. The van der Waals surface area contributed by atoms with Gasteiger partial charge in [0.25, 0.3) is 5.91 Å². The molecule has 0 bridgehead atoms. The van der Waals surface area contributed by atoms with E-state index in [1.54, 1.807) is 6.92 Å². The first-order chi connectivity index (χ1) is 12.9. The maximum absolute atomic E-state index is 13.0. The van der Waals surface area contributed by atoms with Gasteiger partial charge in [-0.3, -0.25) is 4.79 Å². The van der Waals surface area contributed by atoms with Gasteiger partial charge in [0.2, 0.25) is 10.0 Å². The molecular weight excluding hydrogens is 390 g/mol. The molecule has 27 heavy (non-hydrogen) atoms. The molecule has 1 fully saturated rings. The van der Waals surface area contributed by atoms with Gasteiger partial charge in [-0.05, 0) is 38.0 Å². The maximum atomic E-state index is 13.0. The molecule has 1 aliphatic heterocycles. The van der Waals surface area contributed by atoms with Crippen LogP contribution < -0.4 is 5.32 Å². The van der Waals surface area contributed by atoms with E-state index in [0.29, 0.717) is 24.5 Å². The summed E-state index contributed by atoms with van der Waals surface area (Å²) in [7, 11) is -3.74. The number of hydrogen-bond acceptors (Lipinski definition) is 5. The van der Waals surface area contributed by atoms with Crippen LogP contribution in [0.1, 0.15) is 47.5 Å². The molecule has 146 valence electrons. The highest BCUT2D eigenvalue weighted by Gasteiger charge is 2.28. The summed E-state index contributed by atoms with van der Waals surface area (Å²) in [6, 6.07) is 4.30. The minimum absolute atomic E-state index is 0.0312. The fourth-order valence-electron chi connectivity index (χ4n) is 3.03. The molecular formula is C18H22ClN3O4S. The van der Waals surface area contributed by atoms with Gasteiger partial charge < -0.3 is 9.73 Å². The molecule has 1 N–H and O–H groups in total. The van der Waals surface area contributed by atoms with Crippen LogP contribution in [0.5, 0.6) is 0 Å². The summed E-state index contributed by atoms with van der Waals surface area (Å²) >= 11 is 6.16. The second-order valence-electron chi connectivity index (χ2n) is 6.50. The van der Waals surface area contributed by atoms with Crippen LogP contribution in [-0.4, -0.2) is 36.7 Å². The number of aromatic nitrogens is 1. The number of rotatable bonds is 5. The van der Waals surface area contributed by atoms with Crippen molar-refractivity contribution in [2.45, 2.75) is 44.0 Å². The zero-order chi connectivity index (χ0) is 19.4. The summed E-state index contributed by atoms with van der Waals surface area (Å²) < 4.78 is 32.6. The van der Waals surface area contributed by atoms with E-state index in [1.165, 1.54) is 28.9 Å². The van der Waals surface area contributed by atoms with Gasteiger partial charge in [0.05, 0.1) is 11.6 Å². The Kier molecular flexibility index (Phi) is 6.18. The Morgan fingerprint density at radius 2 is 1.96 bits per heavy atom. The summed E-state index contributed by atoms with van der Waals surface area (Å²) in [5.74, 6) is 0.220. The number of aryl methyl sites for hydroxylation is 1. The lowest BCUT2D eigenvalue weighted by atomic mass is 10.2. The summed E-state index contributed by atoms with van der Waals surface area (Å²) in [6.45, 7) is 2.89. The zero-order valence-electron chi connectivity index (χ0n) is 15.1. The summed E-state index contributed by atoms with van der Waals surface area (Å²) in [4.78, 5) is 16.4. The zero-order valence-corrected chi connectivity index (χ0v) is 16.6. The highest BCUT2D eigenvalue weighted by atomic mass is 35.5. The van der Waals surface area contributed by atoms with E-state index in [-0.39, 0.29) is 22.0 Å². The lowest BCUT2D eigenvalue weighted by Gasteiger charge is -2.21. The smallest absolute Gasteiger partial charge is 0.251 e. The number of halogens is 1. The number of nitrogens with zero attached hydrogens (tertiary/aromatic N) is 2. The van der Waals surface area contributed by atoms with E-state index < -0.39 is 15.9 Å². The third-order valence-electron chi connectivity index (χ3n) is 4.64. The van der Waals surface area contributed by atoms with Crippen molar-refractivity contribution in [3.05, 3.63) is 46.6 Å². The van der Waals surface area contributed by atoms with Crippen LogP contribution in [0, 0.1) is 6.92 Å². The fraction of sp³-hybridized carbons (Fsp3) is 0.444. The lowest BCUT2D eigenvalue weighted by molar-refractivity contribution is 0.0950. The molecule has 1 saturated heterocycles. The SMILES string of the molecule is Cc1ocnc1CNC(=O)c1ccc(Cl)c(S(=O)(=O)N2CCCCCC2)c1. The molecule has 0 radical (unpaired) electrons. The first kappa shape index (κ1) is 19.9. The van der Waals surface area contributed by atoms with Crippen LogP contribution in [0.3, 0.4) is 0 Å². The Morgan fingerprint density at radius 3 is 2.59 bits per heavy atom. The van der Waals surface area contributed by atoms with Gasteiger partial charge in [-0.15, -0.1) is 0 Å². The molecule has 0 spiro atoms. The molecule has 1 aromatic carbocycles. The largest absolute Gasteiger partial charge is 0.448 e. The van der Waals surface area contributed by atoms with E-state index in [1.807, 2.05) is 0 Å². The fourth-order valence-corrected chi connectivity index (χ4v) is 5.05. The number of oxazole rings is 1. The van der Waals surface area contributed by atoms with Crippen LogP contribution in [0.2, 0.25) is 5.02 Å². The molecule has 1 aromatic heterocycles. The Balaban J connectivity index is 1.80. The Bertz CT molecular complexity index is 918. The number of benzene rings is 1. The van der Waals surface area contributed by atoms with Gasteiger partial charge in [0.1, 0.15) is 16.3 Å². The molecule has 7 nitrogen and oxygen atoms in total. The molecule has 3 rings (SSSR count). The van der Waals surface area contributed by atoms with Crippen molar-refractivity contribution >= 4 is 27.5 Å². The number of sulfonamides is 1. The Morgan fingerprint density at radius 1 is 1.26 bits per heavy atom. The molecule has 1 amide bonds. The van der Waals surface area contributed by atoms with Gasteiger partial charge >= 0.3 is 0 Å². The van der Waals surface area contributed by atoms with Crippen LogP contribution >= 0.6 is 11.6 Å². The predicted octanol–water partition coefficient (Wildman–Crippen LogP) is 3.13. The Labute approximate surface area is 163 Å².